The lowest BCUT2D eigenvalue weighted by molar-refractivity contribution is -0.158. The van der Waals surface area contributed by atoms with Crippen molar-refractivity contribution in [3.8, 4) is 0 Å². The van der Waals surface area contributed by atoms with Gasteiger partial charge < -0.3 is 14.2 Å². The van der Waals surface area contributed by atoms with Gasteiger partial charge in [-0.15, -0.1) is 0 Å². The van der Waals surface area contributed by atoms with Crippen molar-refractivity contribution in [2.75, 3.05) is 19.8 Å². The lowest BCUT2D eigenvalue weighted by atomic mass is 9.81. The highest BCUT2D eigenvalue weighted by Crippen LogP contribution is 2.30. The van der Waals surface area contributed by atoms with E-state index in [2.05, 4.69) is 0 Å². The molecule has 0 aromatic rings. The first-order valence-corrected chi connectivity index (χ1v) is 7.71. The van der Waals surface area contributed by atoms with Crippen molar-refractivity contribution in [1.29, 1.82) is 0 Å². The third-order valence-electron chi connectivity index (χ3n) is 3.50. The smallest absolute Gasteiger partial charge is 0.311 e. The summed E-state index contributed by atoms with van der Waals surface area (Å²) in [4.78, 5) is 24.2. The lowest BCUT2D eigenvalue weighted by Gasteiger charge is -2.26. The fourth-order valence-corrected chi connectivity index (χ4v) is 1.99. The molecule has 0 saturated carbocycles. The van der Waals surface area contributed by atoms with Crippen LogP contribution in [0.3, 0.4) is 0 Å². The van der Waals surface area contributed by atoms with Crippen molar-refractivity contribution >= 4 is 11.9 Å². The van der Waals surface area contributed by atoms with Crippen molar-refractivity contribution in [3.63, 3.8) is 0 Å². The number of carbonyl (C=O) groups excluding carboxylic acids is 2. The molecule has 1 aliphatic heterocycles. The molecule has 1 rings (SSSR count). The van der Waals surface area contributed by atoms with E-state index in [4.69, 9.17) is 14.2 Å². The number of hydrogen-bond donors (Lipinski definition) is 0. The van der Waals surface area contributed by atoms with Crippen molar-refractivity contribution in [2.24, 2.45) is 17.3 Å². The van der Waals surface area contributed by atoms with Crippen molar-refractivity contribution in [2.45, 2.75) is 53.6 Å². The minimum absolute atomic E-state index is 0.0581. The van der Waals surface area contributed by atoms with Crippen molar-refractivity contribution in [3.05, 3.63) is 0 Å². The van der Waals surface area contributed by atoms with Crippen LogP contribution in [0.5, 0.6) is 0 Å². The fraction of sp³-hybridized carbons (Fsp3) is 0.875. The minimum atomic E-state index is -0.702. The number of rotatable bonds is 9. The summed E-state index contributed by atoms with van der Waals surface area (Å²) < 4.78 is 15.5. The molecule has 1 aliphatic rings. The van der Waals surface area contributed by atoms with Crippen LogP contribution >= 0.6 is 0 Å². The maximum absolute atomic E-state index is 12.1. The Bertz CT molecular complexity index is 358. The molecule has 122 valence electrons. The van der Waals surface area contributed by atoms with Gasteiger partial charge in [-0.3, -0.25) is 9.59 Å². The van der Waals surface area contributed by atoms with Gasteiger partial charge in [0, 0.05) is 0 Å². The van der Waals surface area contributed by atoms with Crippen LogP contribution in [0, 0.1) is 17.3 Å². The van der Waals surface area contributed by atoms with Crippen LogP contribution in [0.2, 0.25) is 0 Å². The van der Waals surface area contributed by atoms with Gasteiger partial charge in [0.15, 0.2) is 0 Å². The largest absolute Gasteiger partial charge is 0.465 e. The second-order valence-corrected chi connectivity index (χ2v) is 6.77. The predicted molar refractivity (Wildman–Crippen MR) is 78.7 cm³/mol. The molecule has 0 N–H and O–H groups in total. The second kappa shape index (κ2) is 7.78. The highest BCUT2D eigenvalue weighted by Gasteiger charge is 2.36. The quantitative estimate of drug-likeness (QED) is 0.483. The van der Waals surface area contributed by atoms with E-state index in [1.807, 2.05) is 34.6 Å². The molecule has 5 nitrogen and oxygen atoms in total. The summed E-state index contributed by atoms with van der Waals surface area (Å²) in [5.74, 6) is -0.475. The lowest BCUT2D eigenvalue weighted by Crippen LogP contribution is -2.33. The summed E-state index contributed by atoms with van der Waals surface area (Å²) in [5.41, 5.74) is -0.702. The second-order valence-electron chi connectivity index (χ2n) is 6.77. The van der Waals surface area contributed by atoms with Crippen LogP contribution in [-0.2, 0) is 23.8 Å². The molecular weight excluding hydrogens is 272 g/mol. The average molecular weight is 300 g/mol. The van der Waals surface area contributed by atoms with E-state index in [9.17, 15) is 9.59 Å². The summed E-state index contributed by atoms with van der Waals surface area (Å²) in [6, 6.07) is 0. The molecule has 0 aromatic heterocycles. The molecule has 0 bridgehead atoms. The van der Waals surface area contributed by atoms with Crippen molar-refractivity contribution in [1.82, 2.24) is 0 Å². The summed E-state index contributed by atoms with van der Waals surface area (Å²) in [5, 5.41) is 0. The molecule has 0 aromatic carbocycles. The number of esters is 2. The van der Waals surface area contributed by atoms with E-state index in [1.54, 1.807) is 0 Å². The molecule has 5 heteroatoms. The molecule has 21 heavy (non-hydrogen) atoms. The molecule has 1 saturated heterocycles. The fourth-order valence-electron chi connectivity index (χ4n) is 1.99. The van der Waals surface area contributed by atoms with E-state index in [-0.39, 0.29) is 24.0 Å². The standard InChI is InChI=1S/C16H28O5/c1-6-12(14(17)20-8-11(2)3)7-16(4,5)15(18)21-10-13-9-19-13/h11-13H,6-10H2,1-5H3. The molecule has 0 amide bonds. The summed E-state index contributed by atoms with van der Waals surface area (Å²) in [6.45, 7) is 10.9. The van der Waals surface area contributed by atoms with Gasteiger partial charge >= 0.3 is 11.9 Å². The van der Waals surface area contributed by atoms with Gasteiger partial charge in [-0.1, -0.05) is 20.8 Å². The van der Waals surface area contributed by atoms with Crippen LogP contribution in [0.25, 0.3) is 0 Å². The number of hydrogen-bond acceptors (Lipinski definition) is 5. The Hall–Kier alpha value is -1.10. The van der Waals surface area contributed by atoms with Gasteiger partial charge in [-0.2, -0.15) is 0 Å². The monoisotopic (exact) mass is 300 g/mol. The van der Waals surface area contributed by atoms with E-state index in [0.29, 0.717) is 38.6 Å². The summed E-state index contributed by atoms with van der Waals surface area (Å²) in [7, 11) is 0. The number of epoxide rings is 1. The molecule has 2 atom stereocenters. The number of ether oxygens (including phenoxy) is 3. The predicted octanol–water partition coefficient (Wildman–Crippen LogP) is 2.57. The first-order chi connectivity index (χ1) is 9.76. The maximum atomic E-state index is 12.1. The zero-order valence-electron chi connectivity index (χ0n) is 13.8. The van der Waals surface area contributed by atoms with Gasteiger partial charge in [0.05, 0.1) is 24.5 Å². The minimum Gasteiger partial charge on any atom is -0.465 e. The molecule has 1 heterocycles. The topological polar surface area (TPSA) is 65.1 Å². The normalized spacial score (nSPS) is 19.2. The Kier molecular flexibility index (Phi) is 6.65. The van der Waals surface area contributed by atoms with Crippen LogP contribution < -0.4 is 0 Å². The molecule has 0 aliphatic carbocycles. The first kappa shape index (κ1) is 18.0. The van der Waals surface area contributed by atoms with Gasteiger partial charge in [0.25, 0.3) is 0 Å². The Morgan fingerprint density at radius 2 is 1.90 bits per heavy atom. The Balaban J connectivity index is 2.47. The maximum Gasteiger partial charge on any atom is 0.311 e. The molecule has 1 fully saturated rings. The van der Waals surface area contributed by atoms with Crippen LogP contribution in [0.15, 0.2) is 0 Å². The third-order valence-corrected chi connectivity index (χ3v) is 3.50. The highest BCUT2D eigenvalue weighted by atomic mass is 16.6. The molecule has 0 spiro atoms. The third kappa shape index (κ3) is 6.46. The van der Waals surface area contributed by atoms with Gasteiger partial charge in [-0.05, 0) is 32.6 Å². The van der Waals surface area contributed by atoms with Gasteiger partial charge in [0.1, 0.15) is 12.7 Å². The van der Waals surface area contributed by atoms with Crippen LogP contribution in [-0.4, -0.2) is 37.9 Å². The van der Waals surface area contributed by atoms with Gasteiger partial charge in [-0.25, -0.2) is 0 Å². The summed E-state index contributed by atoms with van der Waals surface area (Å²) in [6.07, 6.45) is 1.15. The summed E-state index contributed by atoms with van der Waals surface area (Å²) >= 11 is 0. The first-order valence-electron chi connectivity index (χ1n) is 7.71. The van der Waals surface area contributed by atoms with E-state index in [0.717, 1.165) is 0 Å². The van der Waals surface area contributed by atoms with Gasteiger partial charge in [0.2, 0.25) is 0 Å². The van der Waals surface area contributed by atoms with Crippen LogP contribution in [0.1, 0.15) is 47.5 Å². The zero-order valence-corrected chi connectivity index (χ0v) is 13.8. The van der Waals surface area contributed by atoms with E-state index in [1.165, 1.54) is 0 Å². The van der Waals surface area contributed by atoms with Crippen LogP contribution in [0.4, 0.5) is 0 Å². The molecular formula is C16H28O5. The number of carbonyl (C=O) groups is 2. The Morgan fingerprint density at radius 1 is 1.29 bits per heavy atom. The highest BCUT2D eigenvalue weighted by molar-refractivity contribution is 5.78. The SMILES string of the molecule is CCC(CC(C)(C)C(=O)OCC1CO1)C(=O)OCC(C)C. The molecule has 0 radical (unpaired) electrons. The van der Waals surface area contributed by atoms with E-state index < -0.39 is 5.41 Å². The van der Waals surface area contributed by atoms with E-state index >= 15 is 0 Å². The average Bonchev–Trinajstić information content (AvgIpc) is 3.23. The molecule has 2 unspecified atom stereocenters. The zero-order chi connectivity index (χ0) is 16.0. The van der Waals surface area contributed by atoms with Crippen molar-refractivity contribution < 1.29 is 23.8 Å². The Labute approximate surface area is 127 Å². The Morgan fingerprint density at radius 3 is 2.38 bits per heavy atom.